The quantitative estimate of drug-likeness (QED) is 0.504. The van der Waals surface area contributed by atoms with Crippen molar-refractivity contribution in [3.63, 3.8) is 0 Å². The van der Waals surface area contributed by atoms with Gasteiger partial charge in [-0.25, -0.2) is 8.42 Å². The highest BCUT2D eigenvalue weighted by atomic mass is 32.2. The van der Waals surface area contributed by atoms with Crippen LogP contribution in [0.2, 0.25) is 0 Å². The average molecular weight is 576 g/mol. The normalized spacial score (nSPS) is 24.9. The van der Waals surface area contributed by atoms with E-state index in [2.05, 4.69) is 28.8 Å². The van der Waals surface area contributed by atoms with Gasteiger partial charge in [-0.05, 0) is 91.5 Å². The zero-order valence-corrected chi connectivity index (χ0v) is 24.2. The van der Waals surface area contributed by atoms with Gasteiger partial charge < -0.3 is 19.9 Å². The number of carbonyl (C=O) groups excluding carboxylic acids is 2. The molecule has 1 aromatic rings. The fourth-order valence-electron chi connectivity index (χ4n) is 5.38. The van der Waals surface area contributed by atoms with E-state index in [0.29, 0.717) is 31.8 Å². The van der Waals surface area contributed by atoms with E-state index in [4.69, 9.17) is 0 Å². The van der Waals surface area contributed by atoms with Gasteiger partial charge in [0.15, 0.2) is 9.84 Å². The molecule has 4 atom stereocenters. The van der Waals surface area contributed by atoms with Gasteiger partial charge >= 0.3 is 6.36 Å². The molecule has 1 saturated carbocycles. The maximum atomic E-state index is 13.4. The Hall–Kier alpha value is -2.34. The molecule has 0 radical (unpaired) electrons. The molecule has 1 unspecified atom stereocenters. The van der Waals surface area contributed by atoms with Crippen LogP contribution >= 0.6 is 0 Å². The summed E-state index contributed by atoms with van der Waals surface area (Å²) < 4.78 is 67.1. The van der Waals surface area contributed by atoms with Crippen LogP contribution in [0.25, 0.3) is 0 Å². The van der Waals surface area contributed by atoms with E-state index >= 15 is 0 Å². The summed E-state index contributed by atoms with van der Waals surface area (Å²) in [7, 11) is -1.42. The highest BCUT2D eigenvalue weighted by Crippen LogP contribution is 2.36. The number of nitrogens with one attached hydrogen (secondary N) is 1. The topological polar surface area (TPSA) is 96.0 Å². The van der Waals surface area contributed by atoms with Crippen LogP contribution in [0.15, 0.2) is 24.3 Å². The van der Waals surface area contributed by atoms with Crippen LogP contribution in [0.4, 0.5) is 13.2 Å². The van der Waals surface area contributed by atoms with Gasteiger partial charge in [-0.15, -0.1) is 13.2 Å². The van der Waals surface area contributed by atoms with Gasteiger partial charge in [0, 0.05) is 30.2 Å². The van der Waals surface area contributed by atoms with Crippen molar-refractivity contribution < 1.29 is 35.9 Å². The summed E-state index contributed by atoms with van der Waals surface area (Å²) in [6.07, 6.45) is -2.46. The molecular weight excluding hydrogens is 535 g/mol. The Bertz CT molecular complexity index is 1150. The Morgan fingerprint density at radius 2 is 1.85 bits per heavy atom. The molecule has 0 spiro atoms. The van der Waals surface area contributed by atoms with E-state index in [1.807, 2.05) is 7.05 Å². The first-order chi connectivity index (χ1) is 17.9. The van der Waals surface area contributed by atoms with Crippen LogP contribution in [0.1, 0.15) is 70.7 Å². The number of hydrogen-bond acceptors (Lipinski definition) is 6. The van der Waals surface area contributed by atoms with Crippen molar-refractivity contribution in [3.8, 4) is 5.75 Å². The molecule has 1 N–H and O–H groups in total. The number of alkyl halides is 3. The van der Waals surface area contributed by atoms with Crippen molar-refractivity contribution in [3.05, 3.63) is 29.8 Å². The maximum absolute atomic E-state index is 13.4. The summed E-state index contributed by atoms with van der Waals surface area (Å²) in [5.41, 5.74) is -0.0608. The van der Waals surface area contributed by atoms with Gasteiger partial charge in [0.25, 0.3) is 5.91 Å². The minimum Gasteiger partial charge on any atom is -0.406 e. The van der Waals surface area contributed by atoms with Crippen LogP contribution in [0.5, 0.6) is 5.75 Å². The molecular formula is C27H40F3N3O5S. The van der Waals surface area contributed by atoms with Crippen molar-refractivity contribution in [2.45, 2.75) is 95.6 Å². The number of carbonyl (C=O) groups is 2. The molecule has 1 aliphatic carbocycles. The highest BCUT2D eigenvalue weighted by molar-refractivity contribution is 7.92. The smallest absolute Gasteiger partial charge is 0.406 e. The number of halogens is 3. The molecule has 1 saturated heterocycles. The van der Waals surface area contributed by atoms with E-state index in [1.165, 1.54) is 12.1 Å². The molecule has 39 heavy (non-hydrogen) atoms. The monoisotopic (exact) mass is 575 g/mol. The van der Waals surface area contributed by atoms with Crippen LogP contribution in [0, 0.1) is 5.92 Å². The first-order valence-electron chi connectivity index (χ1n) is 13.3. The van der Waals surface area contributed by atoms with E-state index in [9.17, 15) is 31.2 Å². The van der Waals surface area contributed by atoms with Gasteiger partial charge in [0.05, 0.1) is 10.5 Å². The first kappa shape index (κ1) is 31.2. The SMILES string of the molecule is CC(C)N(C)[C@@H]1CC[C@H](N2CCC(NC(=O)c3cccc(OC(F)(F)F)c3)C2=O)[C@H](CS(=O)(=O)C(C)(C)C)C1. The highest BCUT2D eigenvalue weighted by Gasteiger charge is 2.45. The van der Waals surface area contributed by atoms with Crippen molar-refractivity contribution in [1.29, 1.82) is 0 Å². The molecule has 2 fully saturated rings. The molecule has 0 aromatic heterocycles. The summed E-state index contributed by atoms with van der Waals surface area (Å²) in [6.45, 7) is 9.59. The van der Waals surface area contributed by atoms with Crippen LogP contribution in [-0.4, -0.2) is 84.7 Å². The third-order valence-electron chi connectivity index (χ3n) is 7.95. The standard InChI is InChI=1S/C27H40F3N3O5S/c1-17(2)32(6)20-10-11-23(19(14-20)16-39(36,37)26(3,4)5)33-13-12-22(25(33)35)31-24(34)18-8-7-9-21(15-18)38-27(28,29)30/h7-9,15,17,19-20,22-23H,10-14,16H2,1-6H3,(H,31,34)/t19-,20+,22?,23-/m0/s1. The third-order valence-corrected chi connectivity index (χ3v) is 10.7. The minimum atomic E-state index is -4.89. The number of amides is 2. The largest absolute Gasteiger partial charge is 0.573 e. The Balaban J connectivity index is 1.75. The number of rotatable bonds is 8. The lowest BCUT2D eigenvalue weighted by Gasteiger charge is -2.45. The molecule has 1 aromatic carbocycles. The van der Waals surface area contributed by atoms with Crippen LogP contribution in [0.3, 0.4) is 0 Å². The summed E-state index contributed by atoms with van der Waals surface area (Å²) >= 11 is 0. The van der Waals surface area contributed by atoms with E-state index in [0.717, 1.165) is 18.6 Å². The Morgan fingerprint density at radius 1 is 1.18 bits per heavy atom. The first-order valence-corrected chi connectivity index (χ1v) is 15.0. The van der Waals surface area contributed by atoms with Crippen molar-refractivity contribution in [2.24, 2.45) is 5.92 Å². The van der Waals surface area contributed by atoms with Gasteiger partial charge in [-0.3, -0.25) is 9.59 Å². The average Bonchev–Trinajstić information content (AvgIpc) is 3.16. The maximum Gasteiger partial charge on any atom is 0.573 e. The lowest BCUT2D eigenvalue weighted by molar-refractivity contribution is -0.274. The minimum absolute atomic E-state index is 0.0313. The second kappa shape index (κ2) is 11.6. The Kier molecular flexibility index (Phi) is 9.31. The molecule has 0 bridgehead atoms. The number of benzene rings is 1. The fraction of sp³-hybridized carbons (Fsp3) is 0.704. The second-order valence-electron chi connectivity index (χ2n) is 11.9. The van der Waals surface area contributed by atoms with E-state index in [-0.39, 0.29) is 35.2 Å². The summed E-state index contributed by atoms with van der Waals surface area (Å²) in [5, 5.41) is 2.64. The Morgan fingerprint density at radius 3 is 2.44 bits per heavy atom. The molecule has 3 rings (SSSR count). The van der Waals surface area contributed by atoms with Gasteiger partial charge in [-0.2, -0.15) is 0 Å². The number of sulfone groups is 1. The zero-order valence-electron chi connectivity index (χ0n) is 23.4. The fourth-order valence-corrected chi connectivity index (χ4v) is 6.80. The lowest BCUT2D eigenvalue weighted by atomic mass is 9.81. The summed E-state index contributed by atoms with van der Waals surface area (Å²) in [5.74, 6) is -1.80. The molecule has 12 heteroatoms. The van der Waals surface area contributed by atoms with Crippen LogP contribution in [-0.2, 0) is 14.6 Å². The predicted octanol–water partition coefficient (Wildman–Crippen LogP) is 4.01. The van der Waals surface area contributed by atoms with Gasteiger partial charge in [0.1, 0.15) is 11.8 Å². The number of ether oxygens (including phenoxy) is 1. The predicted molar refractivity (Wildman–Crippen MR) is 142 cm³/mol. The molecule has 8 nitrogen and oxygen atoms in total. The third kappa shape index (κ3) is 7.65. The molecule has 1 heterocycles. The molecule has 2 aliphatic rings. The van der Waals surface area contributed by atoms with Gasteiger partial charge in [-0.1, -0.05) is 6.07 Å². The van der Waals surface area contributed by atoms with Crippen LogP contribution < -0.4 is 10.1 Å². The summed E-state index contributed by atoms with van der Waals surface area (Å²) in [6, 6.07) is 4.03. The number of nitrogens with zero attached hydrogens (tertiary/aromatic N) is 2. The summed E-state index contributed by atoms with van der Waals surface area (Å²) in [4.78, 5) is 30.2. The lowest BCUT2D eigenvalue weighted by Crippen LogP contribution is -2.53. The van der Waals surface area contributed by atoms with Crippen molar-refractivity contribution in [1.82, 2.24) is 15.1 Å². The van der Waals surface area contributed by atoms with Crippen molar-refractivity contribution >= 4 is 21.7 Å². The molecule has 220 valence electrons. The second-order valence-corrected chi connectivity index (χ2v) is 14.7. The van der Waals surface area contributed by atoms with Gasteiger partial charge in [0.2, 0.25) is 5.91 Å². The van der Waals surface area contributed by atoms with E-state index < -0.39 is 38.6 Å². The Labute approximate surface area is 229 Å². The van der Waals surface area contributed by atoms with Crippen molar-refractivity contribution in [2.75, 3.05) is 19.3 Å². The zero-order chi connectivity index (χ0) is 29.3. The molecule has 2 amide bonds. The molecule has 1 aliphatic heterocycles. The number of hydrogen-bond donors (Lipinski definition) is 1. The number of likely N-dealkylation sites (tertiary alicyclic amines) is 1. The van der Waals surface area contributed by atoms with E-state index in [1.54, 1.807) is 25.7 Å².